The van der Waals surface area contributed by atoms with Crippen molar-refractivity contribution in [3.8, 4) is 0 Å². The molecule has 20 heavy (non-hydrogen) atoms. The van der Waals surface area contributed by atoms with Gasteiger partial charge in [0.2, 0.25) is 0 Å². The zero-order valence-corrected chi connectivity index (χ0v) is 12.9. The highest BCUT2D eigenvalue weighted by Crippen LogP contribution is 3.00. The van der Waals surface area contributed by atoms with E-state index in [4.69, 9.17) is 18.9 Å². The van der Waals surface area contributed by atoms with Gasteiger partial charge >= 0.3 is 0 Å². The summed E-state index contributed by atoms with van der Waals surface area (Å²) in [6, 6.07) is 0. The molecule has 8 atom stereocenters. The first-order valence-corrected chi connectivity index (χ1v) is 8.69. The molecule has 8 fully saturated rings. The average molecular weight is 341 g/mol. The minimum absolute atomic E-state index is 0.0412. The van der Waals surface area contributed by atoms with E-state index in [1.54, 1.807) is 0 Å². The summed E-state index contributed by atoms with van der Waals surface area (Å²) in [6.45, 7) is 5.38. The van der Waals surface area contributed by atoms with Crippen LogP contribution in [0.5, 0.6) is 0 Å². The van der Waals surface area contributed by atoms with E-state index >= 15 is 0 Å². The van der Waals surface area contributed by atoms with Gasteiger partial charge in [-0.15, -0.1) is 0 Å². The summed E-state index contributed by atoms with van der Waals surface area (Å²) < 4.78 is 25.1. The monoisotopic (exact) mass is 340 g/mol. The van der Waals surface area contributed by atoms with Crippen molar-refractivity contribution >= 4 is 15.9 Å². The summed E-state index contributed by atoms with van der Waals surface area (Å²) in [4.78, 5) is 0. The van der Waals surface area contributed by atoms with E-state index in [2.05, 4.69) is 22.9 Å². The third-order valence-electron chi connectivity index (χ3n) is 8.27. The van der Waals surface area contributed by atoms with Crippen LogP contribution in [0.2, 0.25) is 0 Å². The lowest BCUT2D eigenvalue weighted by atomic mass is 9.35. The Labute approximate surface area is 125 Å². The molecule has 2 aliphatic heterocycles. The molecule has 8 aliphatic rings. The Kier molecular flexibility index (Phi) is 1.40. The first-order valence-electron chi connectivity index (χ1n) is 7.89. The molecule has 0 unspecified atom stereocenters. The molecule has 2 spiro atoms. The third-order valence-corrected chi connectivity index (χ3v) is 9.88. The lowest BCUT2D eigenvalue weighted by molar-refractivity contribution is -0.289. The normalized spacial score (nSPS) is 71.1. The van der Waals surface area contributed by atoms with Gasteiger partial charge in [0.1, 0.15) is 0 Å². The highest BCUT2D eigenvalue weighted by molar-refractivity contribution is 9.10. The van der Waals surface area contributed by atoms with Crippen molar-refractivity contribution in [2.45, 2.75) is 22.8 Å². The Morgan fingerprint density at radius 2 is 1.15 bits per heavy atom. The largest absolute Gasteiger partial charge is 0.347 e. The molecule has 0 aromatic rings. The van der Waals surface area contributed by atoms with E-state index in [0.29, 0.717) is 29.6 Å². The maximum atomic E-state index is 6.28. The van der Waals surface area contributed by atoms with Gasteiger partial charge in [-0.1, -0.05) is 22.9 Å². The van der Waals surface area contributed by atoms with Gasteiger partial charge in [0, 0.05) is 17.3 Å². The van der Waals surface area contributed by atoms with Crippen LogP contribution in [-0.4, -0.2) is 42.3 Å². The second-order valence-electron chi connectivity index (χ2n) is 7.93. The van der Waals surface area contributed by atoms with Crippen molar-refractivity contribution in [2.75, 3.05) is 26.4 Å². The van der Waals surface area contributed by atoms with E-state index in [0.717, 1.165) is 32.3 Å². The van der Waals surface area contributed by atoms with Crippen LogP contribution in [0.25, 0.3) is 0 Å². The number of halogens is 1. The average Bonchev–Trinajstić information content (AvgIpc) is 3.19. The Bertz CT molecular complexity index is 518. The van der Waals surface area contributed by atoms with E-state index in [1.807, 2.05) is 0 Å². The van der Waals surface area contributed by atoms with Gasteiger partial charge in [0.25, 0.3) is 0 Å². The summed E-state index contributed by atoms with van der Waals surface area (Å²) in [5.41, 5.74) is 0.199. The first kappa shape index (κ1) is 10.9. The number of hydrogen-bond acceptors (Lipinski definition) is 4. The van der Waals surface area contributed by atoms with Crippen LogP contribution in [0.3, 0.4) is 0 Å². The molecule has 4 nitrogen and oxygen atoms in total. The van der Waals surface area contributed by atoms with Crippen LogP contribution in [0.15, 0.2) is 0 Å². The molecule has 2 saturated heterocycles. The predicted molar refractivity (Wildman–Crippen MR) is 70.0 cm³/mol. The zero-order valence-electron chi connectivity index (χ0n) is 11.3. The van der Waals surface area contributed by atoms with Crippen molar-refractivity contribution in [3.05, 3.63) is 0 Å². The van der Waals surface area contributed by atoms with Gasteiger partial charge in [0.05, 0.1) is 30.8 Å². The maximum Gasteiger partial charge on any atom is 0.187 e. The van der Waals surface area contributed by atoms with Crippen molar-refractivity contribution < 1.29 is 18.9 Å². The molecule has 0 amide bonds. The SMILES string of the molecule is C[C@@]12[C@@H]3[C@H]4[C@@H]([C@@H]5[C@H]1[C@@H]3[C@@]5(Br)C41OCCO1)C21OCCO1. The van der Waals surface area contributed by atoms with Gasteiger partial charge < -0.3 is 18.9 Å². The molecule has 0 aromatic carbocycles. The summed E-state index contributed by atoms with van der Waals surface area (Å²) in [5, 5.41) is 0. The van der Waals surface area contributed by atoms with Crippen LogP contribution >= 0.6 is 15.9 Å². The Morgan fingerprint density at radius 1 is 0.700 bits per heavy atom. The minimum atomic E-state index is -0.384. The maximum absolute atomic E-state index is 6.28. The van der Waals surface area contributed by atoms with Gasteiger partial charge in [-0.3, -0.25) is 0 Å². The predicted octanol–water partition coefficient (Wildman–Crippen LogP) is 1.38. The molecule has 5 heteroatoms. The molecule has 0 radical (unpaired) electrons. The molecule has 2 heterocycles. The van der Waals surface area contributed by atoms with E-state index < -0.39 is 0 Å². The summed E-state index contributed by atoms with van der Waals surface area (Å²) in [6.07, 6.45) is 0. The fourth-order valence-electron chi connectivity index (χ4n) is 8.35. The highest BCUT2D eigenvalue weighted by atomic mass is 79.9. The van der Waals surface area contributed by atoms with Crippen LogP contribution in [0.4, 0.5) is 0 Å². The fraction of sp³-hybridized carbons (Fsp3) is 1.00. The first-order chi connectivity index (χ1) is 9.65. The Hall–Kier alpha value is 0.320. The van der Waals surface area contributed by atoms with Crippen LogP contribution in [0, 0.1) is 40.9 Å². The molecule has 4 bridgehead atoms. The molecular formula is C15H17BrO4. The summed E-state index contributed by atoms with van der Waals surface area (Å²) >= 11 is 4.12. The second kappa shape index (κ2) is 2.56. The highest BCUT2D eigenvalue weighted by Gasteiger charge is 3.07. The summed E-state index contributed by atoms with van der Waals surface area (Å²) in [7, 11) is 0. The van der Waals surface area contributed by atoms with Crippen molar-refractivity contribution in [3.63, 3.8) is 0 Å². The molecule has 0 aromatic heterocycles. The van der Waals surface area contributed by atoms with Crippen LogP contribution in [0.1, 0.15) is 6.92 Å². The molecular weight excluding hydrogens is 324 g/mol. The molecule has 108 valence electrons. The second-order valence-corrected chi connectivity index (χ2v) is 9.25. The topological polar surface area (TPSA) is 36.9 Å². The van der Waals surface area contributed by atoms with E-state index in [9.17, 15) is 0 Å². The molecule has 0 N–H and O–H groups in total. The van der Waals surface area contributed by atoms with Crippen molar-refractivity contribution in [2.24, 2.45) is 40.9 Å². The van der Waals surface area contributed by atoms with Crippen LogP contribution < -0.4 is 0 Å². The Morgan fingerprint density at radius 3 is 1.75 bits per heavy atom. The zero-order chi connectivity index (χ0) is 13.1. The van der Waals surface area contributed by atoms with Gasteiger partial charge in [-0.05, 0) is 23.7 Å². The number of ether oxygens (including phenoxy) is 4. The number of alkyl halides is 1. The molecule has 8 rings (SSSR count). The number of hydrogen-bond donors (Lipinski definition) is 0. The molecule has 6 aliphatic carbocycles. The Balaban J connectivity index is 1.53. The molecule has 6 saturated carbocycles. The van der Waals surface area contributed by atoms with Gasteiger partial charge in [-0.2, -0.15) is 0 Å². The van der Waals surface area contributed by atoms with Crippen molar-refractivity contribution in [1.82, 2.24) is 0 Å². The standard InChI is InChI=1S/C15H17BrO4/c1-12-6-8-7(12)10-11(14(12)17-2-3-18-14)9(6)13(8,16)15(10)19-4-5-20-15/h6-11H,2-5H2,1H3/t6-,7+,8+,9+,10+,11-,12+,13+/m1/s1. The quantitative estimate of drug-likeness (QED) is 0.624. The van der Waals surface area contributed by atoms with Crippen molar-refractivity contribution in [1.29, 1.82) is 0 Å². The number of rotatable bonds is 0. The lowest BCUT2D eigenvalue weighted by Crippen LogP contribution is -2.74. The smallest absolute Gasteiger partial charge is 0.187 e. The van der Waals surface area contributed by atoms with E-state index in [1.165, 1.54) is 0 Å². The van der Waals surface area contributed by atoms with E-state index in [-0.39, 0.29) is 21.3 Å². The minimum Gasteiger partial charge on any atom is -0.347 e. The lowest BCUT2D eigenvalue weighted by Gasteiger charge is -2.71. The van der Waals surface area contributed by atoms with Gasteiger partial charge in [0.15, 0.2) is 11.6 Å². The third kappa shape index (κ3) is 0.592. The summed E-state index contributed by atoms with van der Waals surface area (Å²) in [5.74, 6) is 2.94. The van der Waals surface area contributed by atoms with Crippen LogP contribution in [-0.2, 0) is 18.9 Å². The fourth-order valence-corrected chi connectivity index (χ4v) is 9.98. The van der Waals surface area contributed by atoms with Gasteiger partial charge in [-0.25, -0.2) is 0 Å².